The van der Waals surface area contributed by atoms with E-state index in [4.69, 9.17) is 19.2 Å². The molecule has 48 heavy (non-hydrogen) atoms. The van der Waals surface area contributed by atoms with Gasteiger partial charge in [0.15, 0.2) is 0 Å². The average Bonchev–Trinajstić information content (AvgIpc) is 3.42. The number of ether oxygens (including phenoxy) is 3. The molecule has 4 heterocycles. The number of amides is 2. The van der Waals surface area contributed by atoms with Crippen LogP contribution in [0.2, 0.25) is 0 Å². The van der Waals surface area contributed by atoms with Crippen molar-refractivity contribution >= 4 is 45.9 Å². The van der Waals surface area contributed by atoms with E-state index in [2.05, 4.69) is 37.8 Å². The summed E-state index contributed by atoms with van der Waals surface area (Å²) in [5, 5.41) is 10.5. The fourth-order valence-corrected chi connectivity index (χ4v) is 6.22. The molecule has 13 heteroatoms. The second-order valence-electron chi connectivity index (χ2n) is 12.6. The lowest BCUT2D eigenvalue weighted by Gasteiger charge is -2.32. The number of nitrogens with zero attached hydrogens (tertiary/aromatic N) is 5. The number of carbonyl (C=O) groups excluding carboxylic acids is 2. The molecule has 2 fully saturated rings. The normalized spacial score (nSPS) is 15.8. The van der Waals surface area contributed by atoms with Gasteiger partial charge in [0.25, 0.3) is 0 Å². The topological polar surface area (TPSA) is 135 Å². The number of anilines is 4. The summed E-state index contributed by atoms with van der Waals surface area (Å²) in [5.41, 5.74) is 4.45. The zero-order chi connectivity index (χ0) is 33.8. The standard InChI is InChI=1S/C35H44N8O5/c1-22(2)48-33(44)25-20-36-34(40-32(25)26-21-42(4)29-9-7-6-8-24(26)29)38-28-18-27(39-35(45)37-23-10-12-41(3)13-11-23)30(19-31(28)46-5)43-14-16-47-17-15-43/h6-9,18-23H,10-17H2,1-5H3,(H,36,38,40)(H2,37,39,45). The smallest absolute Gasteiger partial charge is 0.342 e. The number of likely N-dealkylation sites (tertiary alicyclic amines) is 1. The Labute approximate surface area is 280 Å². The monoisotopic (exact) mass is 656 g/mol. The average molecular weight is 657 g/mol. The molecule has 0 radical (unpaired) electrons. The van der Waals surface area contributed by atoms with E-state index in [-0.39, 0.29) is 29.7 Å². The van der Waals surface area contributed by atoms with Crippen LogP contribution in [0.25, 0.3) is 22.2 Å². The van der Waals surface area contributed by atoms with Crippen LogP contribution in [0.3, 0.4) is 0 Å². The highest BCUT2D eigenvalue weighted by Crippen LogP contribution is 2.39. The van der Waals surface area contributed by atoms with Gasteiger partial charge in [0, 0.05) is 61.1 Å². The molecule has 0 aliphatic carbocycles. The largest absolute Gasteiger partial charge is 0.494 e. The molecule has 254 valence electrons. The van der Waals surface area contributed by atoms with Crippen molar-refractivity contribution in [1.82, 2.24) is 24.8 Å². The molecule has 0 bridgehead atoms. The molecule has 3 N–H and O–H groups in total. The van der Waals surface area contributed by atoms with E-state index in [1.54, 1.807) is 21.0 Å². The molecule has 2 aliphatic heterocycles. The van der Waals surface area contributed by atoms with Crippen LogP contribution in [0.1, 0.15) is 37.0 Å². The van der Waals surface area contributed by atoms with Crippen molar-refractivity contribution in [2.45, 2.75) is 38.8 Å². The molecule has 2 amide bonds. The van der Waals surface area contributed by atoms with E-state index < -0.39 is 5.97 Å². The number of carbonyl (C=O) groups is 2. The van der Waals surface area contributed by atoms with Gasteiger partial charge in [-0.15, -0.1) is 0 Å². The number of methoxy groups -OCH3 is 1. The van der Waals surface area contributed by atoms with Gasteiger partial charge in [-0.3, -0.25) is 0 Å². The molecule has 0 atom stereocenters. The van der Waals surface area contributed by atoms with Crippen molar-refractivity contribution in [3.63, 3.8) is 0 Å². The molecule has 0 spiro atoms. The molecule has 2 aromatic heterocycles. The highest BCUT2D eigenvalue weighted by molar-refractivity contribution is 6.03. The van der Waals surface area contributed by atoms with Gasteiger partial charge in [0.2, 0.25) is 5.95 Å². The summed E-state index contributed by atoms with van der Waals surface area (Å²) in [6.07, 6.45) is 4.91. The quantitative estimate of drug-likeness (QED) is 0.211. The van der Waals surface area contributed by atoms with Gasteiger partial charge in [-0.1, -0.05) is 18.2 Å². The molecule has 0 saturated carbocycles. The Morgan fingerprint density at radius 3 is 2.50 bits per heavy atom. The maximum Gasteiger partial charge on any atom is 0.342 e. The second-order valence-corrected chi connectivity index (χ2v) is 12.6. The van der Waals surface area contributed by atoms with Crippen LogP contribution >= 0.6 is 0 Å². The number of benzene rings is 2. The first kappa shape index (κ1) is 33.0. The van der Waals surface area contributed by atoms with Crippen LogP contribution in [0.15, 0.2) is 48.8 Å². The van der Waals surface area contributed by atoms with Gasteiger partial charge in [-0.25, -0.2) is 19.6 Å². The predicted molar refractivity (Wildman–Crippen MR) is 186 cm³/mol. The zero-order valence-electron chi connectivity index (χ0n) is 28.2. The van der Waals surface area contributed by atoms with Gasteiger partial charge >= 0.3 is 12.0 Å². The van der Waals surface area contributed by atoms with Gasteiger partial charge in [0.1, 0.15) is 11.3 Å². The van der Waals surface area contributed by atoms with Crippen molar-refractivity contribution in [2.75, 3.05) is 69.1 Å². The number of hydrogen-bond donors (Lipinski definition) is 3. The Hall–Kier alpha value is -4.88. The molecule has 6 rings (SSSR count). The first-order valence-corrected chi connectivity index (χ1v) is 16.4. The van der Waals surface area contributed by atoms with E-state index in [0.29, 0.717) is 49.1 Å². The van der Waals surface area contributed by atoms with E-state index in [1.807, 2.05) is 54.2 Å². The van der Waals surface area contributed by atoms with E-state index in [0.717, 1.165) is 48.1 Å². The van der Waals surface area contributed by atoms with Crippen LogP contribution in [0, 0.1) is 0 Å². The third kappa shape index (κ3) is 7.32. The van der Waals surface area contributed by atoms with Crippen LogP contribution in [-0.4, -0.2) is 97.1 Å². The lowest BCUT2D eigenvalue weighted by atomic mass is 10.1. The summed E-state index contributed by atoms with van der Waals surface area (Å²) in [4.78, 5) is 40.4. The van der Waals surface area contributed by atoms with Crippen molar-refractivity contribution in [3.05, 3.63) is 54.4 Å². The third-order valence-electron chi connectivity index (χ3n) is 8.72. The number of para-hydroxylation sites is 1. The summed E-state index contributed by atoms with van der Waals surface area (Å²) in [7, 11) is 5.64. The minimum absolute atomic E-state index is 0.102. The number of rotatable bonds is 9. The van der Waals surface area contributed by atoms with Gasteiger partial charge in [-0.2, -0.15) is 0 Å². The molecule has 2 aromatic carbocycles. The Morgan fingerprint density at radius 1 is 1.02 bits per heavy atom. The summed E-state index contributed by atoms with van der Waals surface area (Å²) in [6, 6.07) is 11.5. The van der Waals surface area contributed by atoms with E-state index in [1.165, 1.54) is 6.20 Å². The summed E-state index contributed by atoms with van der Waals surface area (Å²) in [5.74, 6) is 0.281. The number of fused-ring (bicyclic) bond motifs is 1. The predicted octanol–water partition coefficient (Wildman–Crippen LogP) is 5.01. The van der Waals surface area contributed by atoms with Crippen LogP contribution in [-0.2, 0) is 16.5 Å². The third-order valence-corrected chi connectivity index (χ3v) is 8.72. The zero-order valence-corrected chi connectivity index (χ0v) is 28.2. The van der Waals surface area contributed by atoms with Crippen LogP contribution < -0.4 is 25.6 Å². The Balaban J connectivity index is 1.36. The summed E-state index contributed by atoms with van der Waals surface area (Å²) < 4.78 is 19.0. The SMILES string of the molecule is COc1cc(N2CCOCC2)c(NC(=O)NC2CCN(C)CC2)cc1Nc1ncc(C(=O)OC(C)C)c(-c2cn(C)c3ccccc23)n1. The molecular weight excluding hydrogens is 612 g/mol. The van der Waals surface area contributed by atoms with Gasteiger partial charge < -0.3 is 44.5 Å². The molecule has 2 saturated heterocycles. The number of nitrogens with one attached hydrogen (secondary N) is 3. The van der Waals surface area contributed by atoms with E-state index >= 15 is 0 Å². The van der Waals surface area contributed by atoms with E-state index in [9.17, 15) is 9.59 Å². The fraction of sp³-hybridized carbons (Fsp3) is 0.429. The summed E-state index contributed by atoms with van der Waals surface area (Å²) in [6.45, 7) is 8.00. The number of aryl methyl sites for hydroxylation is 1. The number of piperidine rings is 1. The van der Waals surface area contributed by atoms with Crippen molar-refractivity contribution in [2.24, 2.45) is 7.05 Å². The van der Waals surface area contributed by atoms with Crippen LogP contribution in [0.5, 0.6) is 5.75 Å². The van der Waals surface area contributed by atoms with Crippen molar-refractivity contribution < 1.29 is 23.8 Å². The molecule has 13 nitrogen and oxygen atoms in total. The highest BCUT2D eigenvalue weighted by Gasteiger charge is 2.25. The Bertz CT molecular complexity index is 1780. The minimum atomic E-state index is -0.506. The van der Waals surface area contributed by atoms with Gasteiger partial charge in [0.05, 0.1) is 49.2 Å². The molecule has 4 aromatic rings. The lowest BCUT2D eigenvalue weighted by molar-refractivity contribution is 0.0378. The molecular formula is C35H44N8O5. The maximum atomic E-state index is 13.3. The van der Waals surface area contributed by atoms with Gasteiger partial charge in [-0.05, 0) is 59.0 Å². The first-order valence-electron chi connectivity index (χ1n) is 16.4. The number of esters is 1. The number of morpholine rings is 1. The Morgan fingerprint density at radius 2 is 1.77 bits per heavy atom. The minimum Gasteiger partial charge on any atom is -0.494 e. The maximum absolute atomic E-state index is 13.3. The summed E-state index contributed by atoms with van der Waals surface area (Å²) >= 11 is 0. The fourth-order valence-electron chi connectivity index (χ4n) is 6.22. The van der Waals surface area contributed by atoms with Crippen molar-refractivity contribution in [3.8, 4) is 17.0 Å². The first-order chi connectivity index (χ1) is 23.2. The van der Waals surface area contributed by atoms with Crippen LogP contribution in [0.4, 0.5) is 27.8 Å². The molecule has 2 aliphatic rings. The molecule has 0 unspecified atom stereocenters. The lowest BCUT2D eigenvalue weighted by Crippen LogP contribution is -2.45. The Kier molecular flexibility index (Phi) is 9.97. The number of urea groups is 1. The number of aromatic nitrogens is 3. The highest BCUT2D eigenvalue weighted by atomic mass is 16.5. The second kappa shape index (κ2) is 14.5. The number of hydrogen-bond acceptors (Lipinski definition) is 10. The van der Waals surface area contributed by atoms with Crippen molar-refractivity contribution in [1.29, 1.82) is 0 Å².